The average molecular weight is 1310 g/mol. The van der Waals surface area contributed by atoms with Crippen LogP contribution in [0.4, 0.5) is 0 Å². The molecule has 0 radical (unpaired) electrons. The van der Waals surface area contributed by atoms with Crippen LogP contribution in [0.1, 0.15) is 120 Å². The van der Waals surface area contributed by atoms with Crippen LogP contribution in [0.5, 0.6) is 0 Å². The van der Waals surface area contributed by atoms with Gasteiger partial charge in [-0.05, 0) is 158 Å². The van der Waals surface area contributed by atoms with E-state index in [4.69, 9.17) is 14.2 Å². The first-order valence-electron chi connectivity index (χ1n) is 25.5. The van der Waals surface area contributed by atoms with Crippen molar-refractivity contribution in [3.05, 3.63) is 113 Å². The molecule has 4 aromatic carbocycles. The van der Waals surface area contributed by atoms with E-state index in [2.05, 4.69) is 167 Å². The monoisotopic (exact) mass is 1300 g/mol. The number of ether oxygens (including phenoxy) is 3. The van der Waals surface area contributed by atoms with Gasteiger partial charge >= 0.3 is 51.4 Å². The molecule has 3 aliphatic heterocycles. The molecule has 382 valence electrons. The van der Waals surface area contributed by atoms with Gasteiger partial charge in [-0.25, -0.2) is 0 Å². The third kappa shape index (κ3) is 19.3. The van der Waals surface area contributed by atoms with Gasteiger partial charge in [-0.15, -0.1) is 0 Å². The van der Waals surface area contributed by atoms with Gasteiger partial charge in [0, 0.05) is 67.9 Å². The van der Waals surface area contributed by atoms with E-state index in [9.17, 15) is 0 Å². The molecule has 3 fully saturated rings. The summed E-state index contributed by atoms with van der Waals surface area (Å²) in [6.45, 7) is 15.9. The third-order valence-electron chi connectivity index (χ3n) is 14.4. The molecule has 2 aliphatic carbocycles. The summed E-state index contributed by atoms with van der Waals surface area (Å²) in [6, 6.07) is 27.0. The van der Waals surface area contributed by atoms with Crippen molar-refractivity contribution < 1.29 is 71.1 Å². The summed E-state index contributed by atoms with van der Waals surface area (Å²) < 4.78 is 21.0. The molecule has 3 heterocycles. The molecule has 13 heteroatoms. The molecule has 5 aliphatic rings. The van der Waals surface area contributed by atoms with Crippen molar-refractivity contribution in [3.63, 3.8) is 0 Å². The summed E-state index contributed by atoms with van der Waals surface area (Å²) in [5.74, 6) is 0. The van der Waals surface area contributed by atoms with Crippen molar-refractivity contribution >= 4 is 79.6 Å². The molecular weight excluding hydrogens is 1230 g/mol. The molecule has 0 atom stereocenters. The van der Waals surface area contributed by atoms with Crippen LogP contribution in [0.3, 0.4) is 0 Å². The van der Waals surface area contributed by atoms with E-state index in [0.717, 1.165) is 99.6 Å². The number of fused-ring (bicyclic) bond motifs is 6. The zero-order valence-corrected chi connectivity index (χ0v) is 52.3. The largest absolute Gasteiger partial charge is 1.00 e. The van der Waals surface area contributed by atoms with Gasteiger partial charge in [0.2, 0.25) is 0 Å². The van der Waals surface area contributed by atoms with Crippen LogP contribution in [0, 0.1) is 0 Å². The van der Waals surface area contributed by atoms with E-state index in [1.54, 1.807) is 11.1 Å². The minimum atomic E-state index is 0. The normalized spacial score (nSPS) is 16.9. The van der Waals surface area contributed by atoms with Crippen LogP contribution in [-0.2, 0) is 26.0 Å². The second-order valence-corrected chi connectivity index (χ2v) is 23.5. The first kappa shape index (κ1) is 63.2. The average Bonchev–Trinajstić information content (AvgIpc) is 3.83. The third-order valence-corrected chi connectivity index (χ3v) is 16.9. The van der Waals surface area contributed by atoms with E-state index in [-0.39, 0.29) is 69.7 Å². The van der Waals surface area contributed by atoms with Crippen molar-refractivity contribution in [2.24, 2.45) is 0 Å². The van der Waals surface area contributed by atoms with E-state index < -0.39 is 0 Å². The first-order valence-corrected chi connectivity index (χ1v) is 29.8. The van der Waals surface area contributed by atoms with Crippen LogP contribution >= 0.6 is 79.6 Å². The first-order chi connectivity index (χ1) is 32.8. The Morgan fingerprint density at radius 1 is 0.414 bits per heavy atom. The number of hydrogen-bond donors (Lipinski definition) is 0. The predicted molar refractivity (Wildman–Crippen MR) is 307 cm³/mol. The Hall–Kier alpha value is 0.636. The van der Waals surface area contributed by atoms with Gasteiger partial charge in [0.25, 0.3) is 0 Å². The number of alkyl halides is 1. The van der Waals surface area contributed by atoms with Crippen molar-refractivity contribution in [1.82, 2.24) is 14.7 Å². The molecule has 70 heavy (non-hydrogen) atoms. The van der Waals surface area contributed by atoms with E-state index >= 15 is 0 Å². The maximum absolute atomic E-state index is 5.51. The van der Waals surface area contributed by atoms with Gasteiger partial charge in [0.15, 0.2) is 0 Å². The van der Waals surface area contributed by atoms with Crippen LogP contribution in [0.2, 0.25) is 0 Å². The zero-order chi connectivity index (χ0) is 46.7. The number of benzene rings is 4. The smallest absolute Gasteiger partial charge is 0.870 e. The molecule has 1 N–H and O–H groups in total. The van der Waals surface area contributed by atoms with Crippen LogP contribution in [0.25, 0.3) is 22.3 Å². The topological polar surface area (TPSA) is 67.4 Å². The fourth-order valence-corrected chi connectivity index (χ4v) is 12.7. The molecule has 0 amide bonds. The summed E-state index contributed by atoms with van der Waals surface area (Å²) in [6.07, 6.45) is 19.4. The standard InChI is InChI=1S/C33H46Br2N2O2.C13H8Br2.C10H20BrNO.CH4.K.H2O/c34-27-9-11-29-30-12-10-28(35)26-32(30)33(31(29)25-27,13-5-1-3-7-15-36-17-21-38-22-18-36)14-6-2-4-8-16-37-19-23-39-24-20-37;14-10-1-3-12-8(6-10)5-9-7-11(15)2-4-13(9)12;11-5-3-1-2-4-6-12-7-9-13-10-8-12;;;/h9-12,25-26H,1-8,13-24H2;1-4,6-7H,5H2;1-10H2;1H4;;1H2/q;;;;+1;/p-1. The molecule has 9 rings (SSSR count). The van der Waals surface area contributed by atoms with Gasteiger partial charge in [-0.1, -0.05) is 163 Å². The molecule has 0 spiro atoms. The maximum atomic E-state index is 5.51. The van der Waals surface area contributed by atoms with E-state index in [0.29, 0.717) is 0 Å². The Labute approximate surface area is 507 Å². The quantitative estimate of drug-likeness (QED) is 0.0437. The molecule has 0 unspecified atom stereocenters. The summed E-state index contributed by atoms with van der Waals surface area (Å²) in [5, 5.41) is 1.16. The van der Waals surface area contributed by atoms with Gasteiger partial charge in [-0.2, -0.15) is 0 Å². The fourth-order valence-electron chi connectivity index (χ4n) is 10.7. The maximum Gasteiger partial charge on any atom is 1.00 e. The number of morpholine rings is 3. The Balaban J connectivity index is 0.000000281. The van der Waals surface area contributed by atoms with E-state index in [1.165, 1.54) is 152 Å². The number of unbranched alkanes of at least 4 members (excludes halogenated alkanes) is 9. The van der Waals surface area contributed by atoms with Crippen molar-refractivity contribution in [3.8, 4) is 22.3 Å². The molecule has 0 aromatic heterocycles. The molecule has 7 nitrogen and oxygen atoms in total. The van der Waals surface area contributed by atoms with Gasteiger partial charge in [0.1, 0.15) is 0 Å². The van der Waals surface area contributed by atoms with Crippen molar-refractivity contribution in [2.75, 3.05) is 104 Å². The predicted octanol–water partition coefficient (Wildman–Crippen LogP) is 12.6. The Morgan fingerprint density at radius 2 is 0.729 bits per heavy atom. The minimum absolute atomic E-state index is 0. The molecular formula is C57H79Br5KN3O4. The number of rotatable bonds is 20. The SMILES string of the molecule is BrCCCCCCN1CCOCC1.Brc1ccc2c(c1)C(CCCCCCN1CCOCC1)(CCCCCCN1CCOCC1)c1cc(Br)ccc1-2.Brc1ccc2c(c1)Cc1cc(Br)ccc1-2.C.[K+].[OH-]. The molecule has 0 saturated carbocycles. The summed E-state index contributed by atoms with van der Waals surface area (Å²) in [4.78, 5) is 7.66. The van der Waals surface area contributed by atoms with Crippen molar-refractivity contribution in [1.29, 1.82) is 0 Å². The number of nitrogens with zero attached hydrogens (tertiary/aromatic N) is 3. The van der Waals surface area contributed by atoms with Crippen LogP contribution in [-0.4, -0.2) is 124 Å². The van der Waals surface area contributed by atoms with Crippen LogP contribution in [0.15, 0.2) is 90.7 Å². The molecule has 4 aromatic rings. The Kier molecular flexibility index (Phi) is 31.1. The van der Waals surface area contributed by atoms with Gasteiger partial charge in [0.05, 0.1) is 39.6 Å². The molecule has 3 saturated heterocycles. The molecule has 0 bridgehead atoms. The second kappa shape index (κ2) is 34.4. The van der Waals surface area contributed by atoms with Gasteiger partial charge < -0.3 is 19.7 Å². The Bertz CT molecular complexity index is 1980. The number of hydrogen-bond acceptors (Lipinski definition) is 7. The van der Waals surface area contributed by atoms with E-state index in [1.807, 2.05) is 0 Å². The van der Waals surface area contributed by atoms with Crippen molar-refractivity contribution in [2.45, 2.75) is 109 Å². The second-order valence-electron chi connectivity index (χ2n) is 19.0. The summed E-state index contributed by atoms with van der Waals surface area (Å²) >= 11 is 18.1. The van der Waals surface area contributed by atoms with Gasteiger partial charge in [-0.3, -0.25) is 14.7 Å². The van der Waals surface area contributed by atoms with Crippen LogP contribution < -0.4 is 51.4 Å². The fraction of sp³-hybridized carbons (Fsp3) is 0.579. The zero-order valence-electron chi connectivity index (χ0n) is 41.3. The number of halogens is 5. The Morgan fingerprint density at radius 3 is 1.09 bits per heavy atom. The summed E-state index contributed by atoms with van der Waals surface area (Å²) in [5.41, 5.74) is 11.7. The minimum Gasteiger partial charge on any atom is -0.870 e. The summed E-state index contributed by atoms with van der Waals surface area (Å²) in [7, 11) is 0.